The summed E-state index contributed by atoms with van der Waals surface area (Å²) >= 11 is 0. The van der Waals surface area contributed by atoms with Gasteiger partial charge in [0.25, 0.3) is 5.91 Å². The van der Waals surface area contributed by atoms with Crippen molar-refractivity contribution in [3.63, 3.8) is 0 Å². The second-order valence-electron chi connectivity index (χ2n) is 7.47. The summed E-state index contributed by atoms with van der Waals surface area (Å²) in [6, 6.07) is 10.5. The van der Waals surface area contributed by atoms with Crippen LogP contribution >= 0.6 is 0 Å². The molecule has 5 N–H and O–H groups in total. The molecule has 0 aliphatic rings. The number of nitrogens with two attached hydrogens (primary N) is 1. The van der Waals surface area contributed by atoms with Gasteiger partial charge >= 0.3 is 6.18 Å². The molecule has 1 aromatic heterocycles. The van der Waals surface area contributed by atoms with Crippen LogP contribution in [-0.2, 0) is 19.3 Å². The summed E-state index contributed by atoms with van der Waals surface area (Å²) in [7, 11) is 0. The van der Waals surface area contributed by atoms with Crippen LogP contribution in [0, 0.1) is 17.0 Å². The maximum atomic E-state index is 13.4. The first-order valence-corrected chi connectivity index (χ1v) is 10.5. The van der Waals surface area contributed by atoms with E-state index in [4.69, 9.17) is 11.1 Å². The summed E-state index contributed by atoms with van der Waals surface area (Å²) in [5.74, 6) is -3.16. The average molecular weight is 504 g/mol. The van der Waals surface area contributed by atoms with Crippen molar-refractivity contribution in [1.29, 1.82) is 5.41 Å². The number of halogens is 5. The predicted octanol–water partition coefficient (Wildman–Crippen LogP) is 4.28. The molecule has 0 aliphatic heterocycles. The lowest BCUT2D eigenvalue weighted by Crippen LogP contribution is -2.25. The van der Waals surface area contributed by atoms with Crippen LogP contribution in [0.5, 0.6) is 0 Å². The van der Waals surface area contributed by atoms with E-state index < -0.39 is 29.3 Å². The second-order valence-corrected chi connectivity index (χ2v) is 7.47. The predicted molar refractivity (Wildman–Crippen MR) is 125 cm³/mol. The fourth-order valence-electron chi connectivity index (χ4n) is 3.16. The van der Waals surface area contributed by atoms with Gasteiger partial charge in [-0.3, -0.25) is 9.79 Å². The van der Waals surface area contributed by atoms with Gasteiger partial charge in [-0.1, -0.05) is 30.3 Å². The number of anilines is 1. The molecule has 3 aromatic rings. The van der Waals surface area contributed by atoms with Gasteiger partial charge < -0.3 is 21.8 Å². The molecule has 0 aliphatic carbocycles. The van der Waals surface area contributed by atoms with E-state index >= 15 is 0 Å². The van der Waals surface area contributed by atoms with E-state index in [1.54, 1.807) is 24.3 Å². The van der Waals surface area contributed by atoms with E-state index in [-0.39, 0.29) is 36.7 Å². The average Bonchev–Trinajstić information content (AvgIpc) is 2.86. The van der Waals surface area contributed by atoms with Crippen LogP contribution in [0.15, 0.2) is 59.7 Å². The van der Waals surface area contributed by atoms with E-state index in [0.29, 0.717) is 29.1 Å². The number of nitrogens with zero attached hydrogens (tertiary/aromatic N) is 2. The van der Waals surface area contributed by atoms with Gasteiger partial charge in [0.05, 0.1) is 23.5 Å². The lowest BCUT2D eigenvalue weighted by Gasteiger charge is -2.15. The number of rotatable bonds is 9. The molecule has 0 atom stereocenters. The number of aliphatic imine (C=N–C) groups is 1. The number of carbonyl (C=O) groups is 1. The minimum atomic E-state index is -4.73. The van der Waals surface area contributed by atoms with Gasteiger partial charge in [-0.15, -0.1) is 0 Å². The van der Waals surface area contributed by atoms with Gasteiger partial charge in [0.1, 0.15) is 5.82 Å². The zero-order valence-electron chi connectivity index (χ0n) is 18.7. The normalized spacial score (nSPS) is 11.8. The fraction of sp³-hybridized carbons (Fsp3) is 0.167. The smallest absolute Gasteiger partial charge is 0.365 e. The van der Waals surface area contributed by atoms with Gasteiger partial charge in [-0.05, 0) is 29.3 Å². The van der Waals surface area contributed by atoms with Crippen LogP contribution in [0.2, 0.25) is 0 Å². The monoisotopic (exact) mass is 504 g/mol. The number of nitrogens with one attached hydrogen (secondary N) is 3. The highest BCUT2D eigenvalue weighted by Gasteiger charge is 2.32. The molecule has 12 heteroatoms. The van der Waals surface area contributed by atoms with E-state index in [1.165, 1.54) is 6.07 Å². The summed E-state index contributed by atoms with van der Waals surface area (Å²) in [4.78, 5) is 20.5. The van der Waals surface area contributed by atoms with Gasteiger partial charge in [0.15, 0.2) is 11.6 Å². The van der Waals surface area contributed by atoms with E-state index in [2.05, 4.69) is 20.6 Å². The molecule has 0 unspecified atom stereocenters. The second kappa shape index (κ2) is 11.5. The zero-order valence-corrected chi connectivity index (χ0v) is 18.7. The minimum Gasteiger partial charge on any atom is -0.365 e. The van der Waals surface area contributed by atoms with Crippen LogP contribution in [-0.4, -0.2) is 29.5 Å². The Balaban J connectivity index is 1.79. The number of amides is 1. The first kappa shape index (κ1) is 26.4. The standard InChI is InChI=1S/C24H21F5N6O/c25-19-6-3-15(7-20(19)26)11-34-23(36)18-8-17(24(27,28)29)12-33-22(18)32-10-14-1-4-16(5-2-14)21(9-30)35-13-31/h1-9,12,30H,10-11,13,31H2,(H,32,33)(H,34,36). The molecule has 7 nitrogen and oxygen atoms in total. The van der Waals surface area contributed by atoms with Crippen molar-refractivity contribution in [2.24, 2.45) is 10.7 Å². The number of benzene rings is 2. The summed E-state index contributed by atoms with van der Waals surface area (Å²) in [5, 5.41) is 12.6. The molecule has 1 amide bonds. The highest BCUT2D eigenvalue weighted by molar-refractivity contribution is 6.37. The van der Waals surface area contributed by atoms with Crippen molar-refractivity contribution in [2.45, 2.75) is 19.3 Å². The van der Waals surface area contributed by atoms with Crippen molar-refractivity contribution in [2.75, 3.05) is 12.0 Å². The summed E-state index contributed by atoms with van der Waals surface area (Å²) in [6.45, 7) is -0.0997. The van der Waals surface area contributed by atoms with Crippen molar-refractivity contribution in [3.05, 3.63) is 94.2 Å². The topological polar surface area (TPSA) is 116 Å². The Kier molecular flexibility index (Phi) is 8.43. The fourth-order valence-corrected chi connectivity index (χ4v) is 3.16. The van der Waals surface area contributed by atoms with Crippen LogP contribution in [0.25, 0.3) is 0 Å². The minimum absolute atomic E-state index is 0.0224. The molecular formula is C24H21F5N6O. The van der Waals surface area contributed by atoms with Crippen LogP contribution in [0.3, 0.4) is 0 Å². The van der Waals surface area contributed by atoms with Gasteiger partial charge in [0, 0.05) is 31.1 Å². The molecule has 188 valence electrons. The first-order chi connectivity index (χ1) is 17.1. The summed E-state index contributed by atoms with van der Waals surface area (Å²) in [6.07, 6.45) is -3.05. The van der Waals surface area contributed by atoms with Crippen molar-refractivity contribution in [1.82, 2.24) is 10.3 Å². The highest BCUT2D eigenvalue weighted by atomic mass is 19.4. The Morgan fingerprint density at radius 1 is 1.03 bits per heavy atom. The number of alkyl halides is 3. The Hall–Kier alpha value is -4.19. The highest BCUT2D eigenvalue weighted by Crippen LogP contribution is 2.31. The molecular weight excluding hydrogens is 483 g/mol. The Bertz CT molecular complexity index is 1270. The molecule has 36 heavy (non-hydrogen) atoms. The van der Waals surface area contributed by atoms with Crippen LogP contribution < -0.4 is 16.4 Å². The Morgan fingerprint density at radius 3 is 2.33 bits per heavy atom. The van der Waals surface area contributed by atoms with Gasteiger partial charge in [-0.25, -0.2) is 13.8 Å². The number of hydrogen-bond donors (Lipinski definition) is 4. The van der Waals surface area contributed by atoms with Crippen molar-refractivity contribution < 1.29 is 26.7 Å². The molecule has 0 radical (unpaired) electrons. The Labute approximate surface area is 202 Å². The van der Waals surface area contributed by atoms with Crippen molar-refractivity contribution >= 4 is 23.7 Å². The number of hydrogen-bond acceptors (Lipinski definition) is 6. The van der Waals surface area contributed by atoms with Gasteiger partial charge in [0.2, 0.25) is 0 Å². The lowest BCUT2D eigenvalue weighted by molar-refractivity contribution is -0.137. The van der Waals surface area contributed by atoms with Crippen molar-refractivity contribution in [3.8, 4) is 0 Å². The maximum absolute atomic E-state index is 13.4. The largest absolute Gasteiger partial charge is 0.417 e. The zero-order chi connectivity index (χ0) is 26.3. The third kappa shape index (κ3) is 6.69. The van der Waals surface area contributed by atoms with Crippen LogP contribution in [0.1, 0.15) is 32.6 Å². The molecule has 0 saturated carbocycles. The quantitative estimate of drug-likeness (QED) is 0.257. The number of aromatic nitrogens is 1. The molecule has 0 fully saturated rings. The summed E-state index contributed by atoms with van der Waals surface area (Å²) < 4.78 is 66.2. The lowest BCUT2D eigenvalue weighted by atomic mass is 10.1. The summed E-state index contributed by atoms with van der Waals surface area (Å²) in [5.41, 5.74) is 5.88. The third-order valence-electron chi connectivity index (χ3n) is 5.00. The third-order valence-corrected chi connectivity index (χ3v) is 5.00. The number of carbonyl (C=O) groups excluding carboxylic acids is 1. The molecule has 0 spiro atoms. The van der Waals surface area contributed by atoms with E-state index in [9.17, 15) is 26.7 Å². The Morgan fingerprint density at radius 2 is 1.72 bits per heavy atom. The molecule has 0 saturated heterocycles. The van der Waals surface area contributed by atoms with E-state index in [1.807, 2.05) is 0 Å². The van der Waals surface area contributed by atoms with Crippen LogP contribution in [0.4, 0.5) is 27.8 Å². The molecule has 0 bridgehead atoms. The number of pyridine rings is 1. The van der Waals surface area contributed by atoms with Gasteiger partial charge in [-0.2, -0.15) is 13.2 Å². The van der Waals surface area contributed by atoms with E-state index in [0.717, 1.165) is 18.3 Å². The first-order valence-electron chi connectivity index (χ1n) is 10.5. The molecule has 1 heterocycles. The molecule has 3 rings (SSSR count). The maximum Gasteiger partial charge on any atom is 0.417 e. The SMILES string of the molecule is N=CC(=NCN)c1ccc(CNc2ncc(C(F)(F)F)cc2C(=O)NCc2ccc(F)c(F)c2)cc1. The molecule has 2 aromatic carbocycles.